The van der Waals surface area contributed by atoms with Crippen LogP contribution in [0.1, 0.15) is 5.56 Å². The highest BCUT2D eigenvalue weighted by Crippen LogP contribution is 2.26. The molecule has 0 fully saturated rings. The van der Waals surface area contributed by atoms with Crippen LogP contribution in [0.3, 0.4) is 0 Å². The van der Waals surface area contributed by atoms with Gasteiger partial charge in [0.1, 0.15) is 17.1 Å². The highest BCUT2D eigenvalue weighted by atomic mass is 32.1. The Hall–Kier alpha value is -3.71. The van der Waals surface area contributed by atoms with E-state index in [-0.39, 0.29) is 16.2 Å². The zero-order valence-electron chi connectivity index (χ0n) is 14.6. The van der Waals surface area contributed by atoms with Gasteiger partial charge in [-0.05, 0) is 66.8 Å². The number of para-hydroxylation sites is 1. The van der Waals surface area contributed by atoms with Crippen LogP contribution < -0.4 is 10.3 Å². The Kier molecular flexibility index (Phi) is 4.74. The number of rotatable bonds is 4. The second-order valence-corrected chi connectivity index (χ2v) is 6.33. The molecule has 0 amide bonds. The molecule has 0 saturated carbocycles. The number of nitrogens with zero attached hydrogens (tertiary/aromatic N) is 2. The van der Waals surface area contributed by atoms with Gasteiger partial charge >= 0.3 is 0 Å². The summed E-state index contributed by atoms with van der Waals surface area (Å²) in [5, 5.41) is 10.7. The van der Waals surface area contributed by atoms with E-state index in [4.69, 9.17) is 17.0 Å². The van der Waals surface area contributed by atoms with E-state index in [9.17, 15) is 9.90 Å². The number of aromatic hydroxyl groups is 1. The van der Waals surface area contributed by atoms with E-state index < -0.39 is 5.56 Å². The van der Waals surface area contributed by atoms with Gasteiger partial charge in [0.25, 0.3) is 5.56 Å². The van der Waals surface area contributed by atoms with Crippen molar-refractivity contribution >= 4 is 24.5 Å². The minimum absolute atomic E-state index is 0.0805. The molecular weight excluding hydrogens is 374 g/mol. The Morgan fingerprint density at radius 1 is 1.07 bits per heavy atom. The molecule has 7 heteroatoms. The summed E-state index contributed by atoms with van der Waals surface area (Å²) in [6, 6.07) is 16.4. The van der Waals surface area contributed by atoms with Crippen LogP contribution in [0.15, 0.2) is 82.2 Å². The normalized spacial score (nSPS) is 13.9. The quantitative estimate of drug-likeness (QED) is 0.649. The fourth-order valence-electron chi connectivity index (χ4n) is 2.74. The molecule has 2 heterocycles. The number of aliphatic imine (C=N–C) groups is 1. The Bertz CT molecular complexity index is 1210. The van der Waals surface area contributed by atoms with Crippen molar-refractivity contribution in [2.75, 3.05) is 0 Å². The molecule has 1 aliphatic rings. The fourth-order valence-corrected chi connectivity index (χ4v) is 3.03. The van der Waals surface area contributed by atoms with Crippen molar-refractivity contribution in [2.24, 2.45) is 4.99 Å². The minimum Gasteiger partial charge on any atom is -0.494 e. The molecule has 0 atom stereocenters. The molecule has 1 aliphatic heterocycles. The molecule has 28 heavy (non-hydrogen) atoms. The standard InChI is InChI=1S/C21H15N3O3S/c25-19-18(13-14-5-4-12-22-14)20(26)24(21(28)23-19)15-8-10-17(11-9-15)27-16-6-2-1-3-7-16/h1-13,26H,(H,23,25,28). The van der Waals surface area contributed by atoms with Crippen molar-refractivity contribution in [3.8, 4) is 23.1 Å². The molecule has 4 rings (SSSR count). The Labute approximate surface area is 165 Å². The molecule has 0 radical (unpaired) electrons. The number of hydrogen-bond acceptors (Lipinski definition) is 5. The van der Waals surface area contributed by atoms with Crippen molar-refractivity contribution in [2.45, 2.75) is 0 Å². The molecule has 6 nitrogen and oxygen atoms in total. The number of nitrogens with one attached hydrogen (secondary N) is 1. The van der Waals surface area contributed by atoms with Gasteiger partial charge in [0.15, 0.2) is 4.77 Å². The number of allylic oxidation sites excluding steroid dienone is 2. The summed E-state index contributed by atoms with van der Waals surface area (Å²) >= 11 is 5.24. The molecule has 0 saturated heterocycles. The Morgan fingerprint density at radius 2 is 1.79 bits per heavy atom. The first-order valence-corrected chi connectivity index (χ1v) is 8.87. The van der Waals surface area contributed by atoms with Crippen LogP contribution in [0.2, 0.25) is 0 Å². The van der Waals surface area contributed by atoms with Crippen molar-refractivity contribution in [1.82, 2.24) is 9.55 Å². The van der Waals surface area contributed by atoms with Gasteiger partial charge in [-0.1, -0.05) is 18.2 Å². The lowest BCUT2D eigenvalue weighted by Crippen LogP contribution is -2.16. The Balaban J connectivity index is 1.72. The third kappa shape index (κ3) is 3.56. The molecule has 1 aromatic heterocycles. The molecule has 0 unspecified atom stereocenters. The zero-order valence-corrected chi connectivity index (χ0v) is 15.4. The van der Waals surface area contributed by atoms with Crippen LogP contribution in [-0.2, 0) is 0 Å². The first-order valence-electron chi connectivity index (χ1n) is 8.46. The summed E-state index contributed by atoms with van der Waals surface area (Å²) in [6.07, 6.45) is 6.60. The van der Waals surface area contributed by atoms with Gasteiger partial charge in [0.2, 0.25) is 5.88 Å². The maximum absolute atomic E-state index is 12.3. The van der Waals surface area contributed by atoms with Crippen LogP contribution in [-0.4, -0.2) is 20.9 Å². The predicted molar refractivity (Wildman–Crippen MR) is 111 cm³/mol. The average Bonchev–Trinajstić information content (AvgIpc) is 3.20. The number of hydrogen-bond donors (Lipinski definition) is 2. The van der Waals surface area contributed by atoms with E-state index in [1.807, 2.05) is 30.3 Å². The first-order chi connectivity index (χ1) is 13.6. The number of H-pyrrole nitrogens is 1. The van der Waals surface area contributed by atoms with Crippen LogP contribution in [0.4, 0.5) is 0 Å². The summed E-state index contributed by atoms with van der Waals surface area (Å²) in [5.74, 6) is 1.10. The lowest BCUT2D eigenvalue weighted by molar-refractivity contribution is 0.431. The highest BCUT2D eigenvalue weighted by molar-refractivity contribution is 7.71. The molecule has 138 valence electrons. The van der Waals surface area contributed by atoms with Crippen molar-refractivity contribution < 1.29 is 9.84 Å². The second-order valence-electron chi connectivity index (χ2n) is 5.95. The van der Waals surface area contributed by atoms with Gasteiger partial charge in [0, 0.05) is 6.21 Å². The van der Waals surface area contributed by atoms with E-state index in [0.29, 0.717) is 17.1 Å². The number of aromatic nitrogens is 2. The van der Waals surface area contributed by atoms with Gasteiger partial charge in [0.05, 0.1) is 11.4 Å². The number of benzene rings is 2. The SMILES string of the molecule is O=c1[nH]c(=S)n(-c2ccc(Oc3ccccc3)cc2)c(O)c1C=C1C=CC=N1. The monoisotopic (exact) mass is 389 g/mol. The minimum atomic E-state index is -0.481. The first kappa shape index (κ1) is 17.7. The summed E-state index contributed by atoms with van der Waals surface area (Å²) in [7, 11) is 0. The zero-order chi connectivity index (χ0) is 19.5. The van der Waals surface area contributed by atoms with Crippen LogP contribution in [0.25, 0.3) is 11.8 Å². The van der Waals surface area contributed by atoms with Crippen molar-refractivity contribution in [3.05, 3.63) is 93.1 Å². The van der Waals surface area contributed by atoms with Gasteiger partial charge in [-0.2, -0.15) is 0 Å². The molecule has 0 bridgehead atoms. The smallest absolute Gasteiger partial charge is 0.262 e. The fraction of sp³-hybridized carbons (Fsp3) is 0. The topological polar surface area (TPSA) is 79.6 Å². The molecule has 0 spiro atoms. The van der Waals surface area contributed by atoms with E-state index in [1.165, 1.54) is 10.6 Å². The molecular formula is C21H15N3O3S. The van der Waals surface area contributed by atoms with Crippen LogP contribution in [0.5, 0.6) is 17.4 Å². The summed E-state index contributed by atoms with van der Waals surface area (Å²) in [4.78, 5) is 18.9. The molecule has 3 aromatic rings. The van der Waals surface area contributed by atoms with E-state index >= 15 is 0 Å². The van der Waals surface area contributed by atoms with E-state index in [1.54, 1.807) is 42.6 Å². The maximum Gasteiger partial charge on any atom is 0.262 e. The lowest BCUT2D eigenvalue weighted by Gasteiger charge is -2.12. The van der Waals surface area contributed by atoms with Crippen LogP contribution >= 0.6 is 12.2 Å². The molecule has 2 aromatic carbocycles. The molecule has 2 N–H and O–H groups in total. The third-order valence-corrected chi connectivity index (χ3v) is 4.35. The predicted octanol–water partition coefficient (Wildman–Crippen LogP) is 4.37. The largest absolute Gasteiger partial charge is 0.494 e. The maximum atomic E-state index is 12.3. The van der Waals surface area contributed by atoms with Crippen LogP contribution in [0, 0.1) is 4.77 Å². The second kappa shape index (κ2) is 7.50. The highest BCUT2D eigenvalue weighted by Gasteiger charge is 2.13. The number of aromatic amines is 1. The van der Waals surface area contributed by atoms with E-state index in [0.717, 1.165) is 5.75 Å². The van der Waals surface area contributed by atoms with Gasteiger partial charge in [-0.15, -0.1) is 0 Å². The lowest BCUT2D eigenvalue weighted by atomic mass is 10.2. The van der Waals surface area contributed by atoms with Gasteiger partial charge < -0.3 is 9.84 Å². The summed E-state index contributed by atoms with van der Waals surface area (Å²) in [6.45, 7) is 0. The average molecular weight is 389 g/mol. The van der Waals surface area contributed by atoms with Crippen molar-refractivity contribution in [3.63, 3.8) is 0 Å². The Morgan fingerprint density at radius 3 is 2.46 bits per heavy atom. The third-order valence-electron chi connectivity index (χ3n) is 4.06. The molecule has 0 aliphatic carbocycles. The number of ether oxygens (including phenoxy) is 1. The summed E-state index contributed by atoms with van der Waals surface area (Å²) in [5.41, 5.74) is 0.753. The summed E-state index contributed by atoms with van der Waals surface area (Å²) < 4.78 is 7.25. The van der Waals surface area contributed by atoms with E-state index in [2.05, 4.69) is 9.98 Å². The van der Waals surface area contributed by atoms with Gasteiger partial charge in [-0.25, -0.2) is 0 Å². The van der Waals surface area contributed by atoms with Gasteiger partial charge in [-0.3, -0.25) is 19.3 Å². The van der Waals surface area contributed by atoms with Crippen molar-refractivity contribution in [1.29, 1.82) is 0 Å².